The van der Waals surface area contributed by atoms with Crippen LogP contribution >= 0.6 is 15.9 Å². The second-order valence-electron chi connectivity index (χ2n) is 4.62. The molecule has 0 bridgehead atoms. The average molecular weight is 377 g/mol. The van der Waals surface area contributed by atoms with Crippen LogP contribution in [0.1, 0.15) is 27.6 Å². The highest BCUT2D eigenvalue weighted by atomic mass is 79.9. The van der Waals surface area contributed by atoms with Crippen LogP contribution in [0.15, 0.2) is 53.0 Å². The number of rotatable bonds is 5. The largest absolute Gasteiger partial charge is 0.454 e. The number of halogens is 1. The standard InChI is InChI=1S/C17H13BrO5/c1-11(19)23-15-8-4-12(5-9-15)16(20)10-22-17(21)13-2-6-14(18)7-3-13/h2-9H,10H2,1H3. The number of ether oxygens (including phenoxy) is 2. The molecule has 0 amide bonds. The Balaban J connectivity index is 1.92. The molecular weight excluding hydrogens is 364 g/mol. The summed E-state index contributed by atoms with van der Waals surface area (Å²) in [6.07, 6.45) is 0. The number of benzene rings is 2. The molecule has 0 aromatic heterocycles. The van der Waals surface area contributed by atoms with Gasteiger partial charge in [-0.1, -0.05) is 15.9 Å². The minimum absolute atomic E-state index is 0.343. The summed E-state index contributed by atoms with van der Waals surface area (Å²) in [5.41, 5.74) is 0.732. The fraction of sp³-hybridized carbons (Fsp3) is 0.118. The lowest BCUT2D eigenvalue weighted by molar-refractivity contribution is -0.131. The summed E-state index contributed by atoms with van der Waals surface area (Å²) in [6, 6.07) is 12.7. The lowest BCUT2D eigenvalue weighted by atomic mass is 10.1. The van der Waals surface area contributed by atoms with Crippen LogP contribution < -0.4 is 4.74 Å². The molecule has 0 radical (unpaired) electrons. The molecule has 2 rings (SSSR count). The molecular formula is C17H13BrO5. The zero-order chi connectivity index (χ0) is 16.8. The molecule has 0 N–H and O–H groups in total. The Morgan fingerprint density at radius 1 is 0.913 bits per heavy atom. The van der Waals surface area contributed by atoms with E-state index in [0.29, 0.717) is 16.9 Å². The second-order valence-corrected chi connectivity index (χ2v) is 5.54. The molecule has 0 fully saturated rings. The van der Waals surface area contributed by atoms with E-state index < -0.39 is 11.9 Å². The van der Waals surface area contributed by atoms with Crippen molar-refractivity contribution in [2.75, 3.05) is 6.61 Å². The van der Waals surface area contributed by atoms with Crippen molar-refractivity contribution in [2.24, 2.45) is 0 Å². The highest BCUT2D eigenvalue weighted by molar-refractivity contribution is 9.10. The van der Waals surface area contributed by atoms with E-state index in [1.165, 1.54) is 31.2 Å². The molecule has 23 heavy (non-hydrogen) atoms. The number of esters is 2. The van der Waals surface area contributed by atoms with Crippen LogP contribution in [0, 0.1) is 0 Å². The topological polar surface area (TPSA) is 69.7 Å². The van der Waals surface area contributed by atoms with E-state index >= 15 is 0 Å². The summed E-state index contributed by atoms with van der Waals surface area (Å²) in [6.45, 7) is 0.933. The van der Waals surface area contributed by atoms with E-state index in [1.807, 2.05) is 0 Å². The Bertz CT molecular complexity index is 720. The van der Waals surface area contributed by atoms with Gasteiger partial charge >= 0.3 is 11.9 Å². The smallest absolute Gasteiger partial charge is 0.338 e. The van der Waals surface area contributed by atoms with Gasteiger partial charge in [-0.25, -0.2) is 4.79 Å². The third-order valence-corrected chi connectivity index (χ3v) is 3.38. The lowest BCUT2D eigenvalue weighted by Gasteiger charge is -2.05. The van der Waals surface area contributed by atoms with Crippen LogP contribution in [0.3, 0.4) is 0 Å². The van der Waals surface area contributed by atoms with Crippen molar-refractivity contribution in [3.05, 3.63) is 64.1 Å². The van der Waals surface area contributed by atoms with Crippen molar-refractivity contribution in [3.63, 3.8) is 0 Å². The molecule has 0 atom stereocenters. The van der Waals surface area contributed by atoms with Crippen LogP contribution in [0.2, 0.25) is 0 Å². The van der Waals surface area contributed by atoms with Gasteiger partial charge in [-0.3, -0.25) is 9.59 Å². The highest BCUT2D eigenvalue weighted by Gasteiger charge is 2.12. The third-order valence-electron chi connectivity index (χ3n) is 2.85. The number of hydrogen-bond acceptors (Lipinski definition) is 5. The van der Waals surface area contributed by atoms with Gasteiger partial charge in [0.15, 0.2) is 12.4 Å². The summed E-state index contributed by atoms with van der Waals surface area (Å²) < 4.78 is 10.7. The molecule has 0 aliphatic carbocycles. The van der Waals surface area contributed by atoms with Crippen molar-refractivity contribution >= 4 is 33.7 Å². The highest BCUT2D eigenvalue weighted by Crippen LogP contribution is 2.14. The van der Waals surface area contributed by atoms with Crippen LogP contribution in [-0.4, -0.2) is 24.3 Å². The first kappa shape index (κ1) is 16.9. The molecule has 2 aromatic carbocycles. The fourth-order valence-corrected chi connectivity index (χ4v) is 2.02. The summed E-state index contributed by atoms with van der Waals surface area (Å²) >= 11 is 3.27. The number of ketones is 1. The summed E-state index contributed by atoms with van der Waals surface area (Å²) in [4.78, 5) is 34.6. The number of carbonyl (C=O) groups is 3. The van der Waals surface area contributed by atoms with Crippen LogP contribution in [-0.2, 0) is 9.53 Å². The predicted molar refractivity (Wildman–Crippen MR) is 86.5 cm³/mol. The molecule has 0 spiro atoms. The van der Waals surface area contributed by atoms with Crippen LogP contribution in [0.25, 0.3) is 0 Å². The maximum atomic E-state index is 12.0. The van der Waals surface area contributed by atoms with E-state index in [4.69, 9.17) is 9.47 Å². The van der Waals surface area contributed by atoms with E-state index in [1.54, 1.807) is 24.3 Å². The summed E-state index contributed by atoms with van der Waals surface area (Å²) in [5, 5.41) is 0. The maximum Gasteiger partial charge on any atom is 0.338 e. The Labute approximate surface area is 141 Å². The summed E-state index contributed by atoms with van der Waals surface area (Å²) in [5.74, 6) is -0.999. The number of Topliss-reactive ketones (excluding diaryl/α,β-unsaturated/α-hetero) is 1. The van der Waals surface area contributed by atoms with Gasteiger partial charge in [0.1, 0.15) is 5.75 Å². The van der Waals surface area contributed by atoms with E-state index in [-0.39, 0.29) is 12.4 Å². The van der Waals surface area contributed by atoms with Gasteiger partial charge < -0.3 is 9.47 Å². The average Bonchev–Trinajstić information content (AvgIpc) is 2.53. The van der Waals surface area contributed by atoms with Crippen molar-refractivity contribution in [1.29, 1.82) is 0 Å². The first-order valence-electron chi connectivity index (χ1n) is 6.70. The van der Waals surface area contributed by atoms with Crippen molar-refractivity contribution in [3.8, 4) is 5.75 Å². The zero-order valence-electron chi connectivity index (χ0n) is 12.2. The Morgan fingerprint density at radius 3 is 2.04 bits per heavy atom. The van der Waals surface area contributed by atoms with Crippen LogP contribution in [0.5, 0.6) is 5.75 Å². The molecule has 0 aliphatic rings. The quantitative estimate of drug-likeness (QED) is 0.454. The van der Waals surface area contributed by atoms with Gasteiger partial charge in [0, 0.05) is 17.0 Å². The molecule has 118 valence electrons. The third kappa shape index (κ3) is 5.03. The van der Waals surface area contributed by atoms with E-state index in [2.05, 4.69) is 15.9 Å². The minimum atomic E-state index is -0.567. The van der Waals surface area contributed by atoms with Crippen LogP contribution in [0.4, 0.5) is 0 Å². The molecule has 0 unspecified atom stereocenters. The van der Waals surface area contributed by atoms with Gasteiger partial charge in [0.2, 0.25) is 0 Å². The zero-order valence-corrected chi connectivity index (χ0v) is 13.8. The van der Waals surface area contributed by atoms with Gasteiger partial charge in [-0.15, -0.1) is 0 Å². The minimum Gasteiger partial charge on any atom is -0.454 e. The van der Waals surface area contributed by atoms with Gasteiger partial charge in [-0.2, -0.15) is 0 Å². The Morgan fingerprint density at radius 2 is 1.48 bits per heavy atom. The number of carbonyl (C=O) groups excluding carboxylic acids is 3. The van der Waals surface area contributed by atoms with Gasteiger partial charge in [0.05, 0.1) is 5.56 Å². The van der Waals surface area contributed by atoms with Crippen molar-refractivity contribution in [2.45, 2.75) is 6.92 Å². The van der Waals surface area contributed by atoms with Crippen molar-refractivity contribution in [1.82, 2.24) is 0 Å². The van der Waals surface area contributed by atoms with Gasteiger partial charge in [-0.05, 0) is 48.5 Å². The Hall–Kier alpha value is -2.47. The normalized spacial score (nSPS) is 10.0. The van der Waals surface area contributed by atoms with Gasteiger partial charge in [0.25, 0.3) is 0 Å². The molecule has 0 aliphatic heterocycles. The SMILES string of the molecule is CC(=O)Oc1ccc(C(=O)COC(=O)c2ccc(Br)cc2)cc1. The molecule has 0 saturated carbocycles. The summed E-state index contributed by atoms with van der Waals surface area (Å²) in [7, 11) is 0. The first-order chi connectivity index (χ1) is 11.0. The molecule has 0 heterocycles. The molecule has 0 saturated heterocycles. The van der Waals surface area contributed by atoms with E-state index in [0.717, 1.165) is 4.47 Å². The molecule has 5 nitrogen and oxygen atoms in total. The second kappa shape index (κ2) is 7.69. The molecule has 2 aromatic rings. The Kier molecular flexibility index (Phi) is 5.65. The monoisotopic (exact) mass is 376 g/mol. The predicted octanol–water partition coefficient (Wildman–Crippen LogP) is 3.41. The lowest BCUT2D eigenvalue weighted by Crippen LogP contribution is -2.14. The van der Waals surface area contributed by atoms with E-state index in [9.17, 15) is 14.4 Å². The number of hydrogen-bond donors (Lipinski definition) is 0. The maximum absolute atomic E-state index is 12.0. The first-order valence-corrected chi connectivity index (χ1v) is 7.49. The fourth-order valence-electron chi connectivity index (χ4n) is 1.76. The van der Waals surface area contributed by atoms with Crippen molar-refractivity contribution < 1.29 is 23.9 Å². The molecule has 6 heteroatoms.